The van der Waals surface area contributed by atoms with Gasteiger partial charge in [-0.1, -0.05) is 24.3 Å². The third-order valence-corrected chi connectivity index (χ3v) is 4.40. The topological polar surface area (TPSA) is 63.3 Å². The van der Waals surface area contributed by atoms with Gasteiger partial charge in [-0.3, -0.25) is 0 Å². The van der Waals surface area contributed by atoms with Crippen LogP contribution in [0.5, 0.6) is 0 Å². The molecular weight excluding hydrogens is 290 g/mol. The lowest BCUT2D eigenvalue weighted by atomic mass is 10.2. The first-order valence-corrected chi connectivity index (χ1v) is 7.59. The molecule has 2 aromatic heterocycles. The molecule has 20 heavy (non-hydrogen) atoms. The van der Waals surface area contributed by atoms with E-state index in [2.05, 4.69) is 0 Å². The lowest BCUT2D eigenvalue weighted by molar-refractivity contribution is 0.0698. The summed E-state index contributed by atoms with van der Waals surface area (Å²) in [4.78, 5) is 12.7. The number of benzene rings is 1. The standard InChI is InChI=1S/C9H6O2S2.C6H7N/c10-9(11)6-3-5-13-8(6)7-2-1-4-12-7;7-6-4-2-1-3-5-6/h1-5H,(H,10,11);1-5H,7H2. The molecule has 0 aliphatic carbocycles. The summed E-state index contributed by atoms with van der Waals surface area (Å²) in [5, 5.41) is 12.6. The summed E-state index contributed by atoms with van der Waals surface area (Å²) in [6.45, 7) is 0. The molecule has 0 fully saturated rings. The minimum atomic E-state index is -0.857. The number of aromatic carboxylic acids is 1. The first-order chi connectivity index (χ1) is 9.68. The van der Waals surface area contributed by atoms with Crippen LogP contribution in [0.2, 0.25) is 0 Å². The summed E-state index contributed by atoms with van der Waals surface area (Å²) in [6, 6.07) is 15.0. The number of para-hydroxylation sites is 1. The zero-order valence-corrected chi connectivity index (χ0v) is 12.2. The van der Waals surface area contributed by atoms with Crippen molar-refractivity contribution in [3.05, 3.63) is 64.9 Å². The van der Waals surface area contributed by atoms with Gasteiger partial charge in [0.15, 0.2) is 0 Å². The van der Waals surface area contributed by atoms with E-state index in [-0.39, 0.29) is 0 Å². The Morgan fingerprint density at radius 3 is 2.20 bits per heavy atom. The second kappa shape index (κ2) is 6.88. The number of anilines is 1. The lowest BCUT2D eigenvalue weighted by Crippen LogP contribution is -1.94. The monoisotopic (exact) mass is 303 g/mol. The zero-order chi connectivity index (χ0) is 14.4. The fourth-order valence-corrected chi connectivity index (χ4v) is 3.30. The number of nitrogens with two attached hydrogens (primary N) is 1. The van der Waals surface area contributed by atoms with Crippen molar-refractivity contribution in [2.45, 2.75) is 0 Å². The van der Waals surface area contributed by atoms with E-state index in [0.29, 0.717) is 5.56 Å². The number of rotatable bonds is 2. The maximum atomic E-state index is 10.8. The molecule has 0 atom stereocenters. The zero-order valence-electron chi connectivity index (χ0n) is 10.5. The van der Waals surface area contributed by atoms with Gasteiger partial charge in [-0.2, -0.15) is 0 Å². The molecule has 0 saturated carbocycles. The molecule has 2 heterocycles. The van der Waals surface area contributed by atoms with E-state index < -0.39 is 5.97 Å². The Morgan fingerprint density at radius 2 is 1.70 bits per heavy atom. The highest BCUT2D eigenvalue weighted by Crippen LogP contribution is 2.32. The van der Waals surface area contributed by atoms with Gasteiger partial charge in [0.25, 0.3) is 0 Å². The van der Waals surface area contributed by atoms with Crippen LogP contribution in [0.4, 0.5) is 5.69 Å². The number of thiophene rings is 2. The Morgan fingerprint density at radius 1 is 0.950 bits per heavy atom. The summed E-state index contributed by atoms with van der Waals surface area (Å²) >= 11 is 3.02. The molecule has 1 aromatic carbocycles. The molecule has 3 nitrogen and oxygen atoms in total. The molecule has 3 N–H and O–H groups in total. The summed E-state index contributed by atoms with van der Waals surface area (Å²) in [6.07, 6.45) is 0. The molecule has 3 aromatic rings. The van der Waals surface area contributed by atoms with E-state index in [1.54, 1.807) is 22.8 Å². The van der Waals surface area contributed by atoms with Crippen molar-refractivity contribution in [1.82, 2.24) is 0 Å². The van der Waals surface area contributed by atoms with E-state index in [9.17, 15) is 4.79 Å². The Bertz CT molecular complexity index is 660. The van der Waals surface area contributed by atoms with E-state index in [1.807, 2.05) is 47.8 Å². The Labute approximate surface area is 124 Å². The molecule has 3 rings (SSSR count). The molecule has 0 radical (unpaired) electrons. The predicted molar refractivity (Wildman–Crippen MR) is 85.4 cm³/mol. The average Bonchev–Trinajstić information content (AvgIpc) is 3.11. The molecule has 0 saturated heterocycles. The molecule has 0 bridgehead atoms. The van der Waals surface area contributed by atoms with Crippen LogP contribution in [0.1, 0.15) is 10.4 Å². The lowest BCUT2D eigenvalue weighted by Gasteiger charge is -1.94. The van der Waals surface area contributed by atoms with Gasteiger partial charge in [-0.25, -0.2) is 4.79 Å². The molecule has 0 aliphatic rings. The van der Waals surface area contributed by atoms with Crippen LogP contribution in [0.3, 0.4) is 0 Å². The van der Waals surface area contributed by atoms with Crippen LogP contribution in [0, 0.1) is 0 Å². The van der Waals surface area contributed by atoms with Crippen LogP contribution in [0.15, 0.2) is 59.3 Å². The summed E-state index contributed by atoms with van der Waals surface area (Å²) in [7, 11) is 0. The third-order valence-electron chi connectivity index (χ3n) is 2.44. The van der Waals surface area contributed by atoms with E-state index in [0.717, 1.165) is 15.4 Å². The Balaban J connectivity index is 0.000000178. The number of carboxylic acids is 1. The third kappa shape index (κ3) is 3.69. The molecule has 0 aliphatic heterocycles. The van der Waals surface area contributed by atoms with Crippen LogP contribution < -0.4 is 5.73 Å². The number of carboxylic acid groups (broad SMARTS) is 1. The fourth-order valence-electron chi connectivity index (χ4n) is 1.53. The van der Waals surface area contributed by atoms with E-state index >= 15 is 0 Å². The van der Waals surface area contributed by atoms with Crippen molar-refractivity contribution >= 4 is 34.3 Å². The van der Waals surface area contributed by atoms with Gasteiger partial charge in [0, 0.05) is 10.6 Å². The first kappa shape index (κ1) is 14.3. The average molecular weight is 303 g/mol. The normalized spacial score (nSPS) is 9.60. The van der Waals surface area contributed by atoms with Crippen LogP contribution in [0.25, 0.3) is 9.75 Å². The quantitative estimate of drug-likeness (QED) is 0.688. The largest absolute Gasteiger partial charge is 0.478 e. The number of hydrogen-bond acceptors (Lipinski definition) is 4. The minimum absolute atomic E-state index is 0.396. The summed E-state index contributed by atoms with van der Waals surface area (Å²) in [5.74, 6) is -0.857. The molecule has 102 valence electrons. The smallest absolute Gasteiger partial charge is 0.337 e. The van der Waals surface area contributed by atoms with Gasteiger partial charge >= 0.3 is 5.97 Å². The molecule has 5 heteroatoms. The van der Waals surface area contributed by atoms with Crippen molar-refractivity contribution in [2.75, 3.05) is 5.73 Å². The van der Waals surface area contributed by atoms with Gasteiger partial charge < -0.3 is 10.8 Å². The van der Waals surface area contributed by atoms with Gasteiger partial charge in [0.1, 0.15) is 0 Å². The number of hydrogen-bond donors (Lipinski definition) is 2. The van der Waals surface area contributed by atoms with Gasteiger partial charge in [0.05, 0.1) is 10.4 Å². The predicted octanol–water partition coefficient (Wildman–Crippen LogP) is 4.44. The van der Waals surface area contributed by atoms with Gasteiger partial charge in [-0.05, 0) is 35.0 Å². The summed E-state index contributed by atoms with van der Waals surface area (Å²) in [5.41, 5.74) is 6.58. The molecular formula is C15H13NO2S2. The maximum Gasteiger partial charge on any atom is 0.337 e. The first-order valence-electron chi connectivity index (χ1n) is 5.83. The van der Waals surface area contributed by atoms with E-state index in [1.165, 1.54) is 11.3 Å². The van der Waals surface area contributed by atoms with Crippen molar-refractivity contribution in [1.29, 1.82) is 0 Å². The molecule has 0 unspecified atom stereocenters. The highest BCUT2D eigenvalue weighted by molar-refractivity contribution is 7.20. The SMILES string of the molecule is Nc1ccccc1.O=C(O)c1ccsc1-c1cccs1. The van der Waals surface area contributed by atoms with Crippen LogP contribution in [-0.2, 0) is 0 Å². The van der Waals surface area contributed by atoms with Crippen molar-refractivity contribution in [3.8, 4) is 9.75 Å². The highest BCUT2D eigenvalue weighted by atomic mass is 32.1. The van der Waals surface area contributed by atoms with Gasteiger partial charge in [0.2, 0.25) is 0 Å². The van der Waals surface area contributed by atoms with Crippen LogP contribution >= 0.6 is 22.7 Å². The maximum absolute atomic E-state index is 10.8. The van der Waals surface area contributed by atoms with Crippen LogP contribution in [-0.4, -0.2) is 11.1 Å². The second-order valence-corrected chi connectivity index (χ2v) is 5.72. The van der Waals surface area contributed by atoms with Gasteiger partial charge in [-0.15, -0.1) is 22.7 Å². The van der Waals surface area contributed by atoms with E-state index in [4.69, 9.17) is 10.8 Å². The Kier molecular flexibility index (Phi) is 4.92. The number of nitrogen functional groups attached to an aromatic ring is 1. The van der Waals surface area contributed by atoms with Crippen molar-refractivity contribution < 1.29 is 9.90 Å². The fraction of sp³-hybridized carbons (Fsp3) is 0. The number of carbonyl (C=O) groups is 1. The summed E-state index contributed by atoms with van der Waals surface area (Å²) < 4.78 is 0. The van der Waals surface area contributed by atoms with Crippen molar-refractivity contribution in [2.24, 2.45) is 0 Å². The highest BCUT2D eigenvalue weighted by Gasteiger charge is 2.13. The molecule has 0 amide bonds. The molecule has 0 spiro atoms. The second-order valence-electron chi connectivity index (χ2n) is 3.86. The van der Waals surface area contributed by atoms with Crippen molar-refractivity contribution in [3.63, 3.8) is 0 Å². The minimum Gasteiger partial charge on any atom is -0.478 e. The Hall–Kier alpha value is -2.11.